The Balaban J connectivity index is 0.000000423. The predicted molar refractivity (Wildman–Crippen MR) is 58.9 cm³/mol. The Morgan fingerprint density at radius 3 is 2.33 bits per heavy atom. The molecular formula is C8H13ClN3O2S-. The summed E-state index contributed by atoms with van der Waals surface area (Å²) in [7, 11) is 0. The summed E-state index contributed by atoms with van der Waals surface area (Å²) in [6, 6.07) is 0. The van der Waals surface area contributed by atoms with Crippen molar-refractivity contribution in [2.24, 2.45) is 5.14 Å². The summed E-state index contributed by atoms with van der Waals surface area (Å²) in [4.78, 5) is 8.21. The lowest BCUT2D eigenvalue weighted by Crippen LogP contribution is -1.98. The molecule has 0 bridgehead atoms. The molecule has 0 aromatic carbocycles. The molecule has 0 spiro atoms. The van der Waals surface area contributed by atoms with E-state index < -0.39 is 11.3 Å². The second-order valence-corrected chi connectivity index (χ2v) is 3.79. The highest BCUT2D eigenvalue weighted by molar-refractivity contribution is 7.76. The molecule has 7 heteroatoms. The quantitative estimate of drug-likeness (QED) is 0.803. The second kappa shape index (κ2) is 7.70. The van der Waals surface area contributed by atoms with E-state index in [0.717, 1.165) is 12.2 Å². The summed E-state index contributed by atoms with van der Waals surface area (Å²) in [6.07, 6.45) is 4.33. The fraction of sp³-hybridized carbons (Fsp3) is 0.500. The van der Waals surface area contributed by atoms with Gasteiger partial charge in [0.1, 0.15) is 5.82 Å². The smallest absolute Gasteiger partial charge is 0.131 e. The van der Waals surface area contributed by atoms with E-state index in [0.29, 0.717) is 10.9 Å². The molecule has 2 atom stereocenters. The van der Waals surface area contributed by atoms with Crippen LogP contribution in [0.5, 0.6) is 0 Å². The van der Waals surface area contributed by atoms with Crippen LogP contribution in [-0.4, -0.2) is 18.7 Å². The number of nitrogens with zero attached hydrogens (tertiary/aromatic N) is 2. The zero-order chi connectivity index (χ0) is 11.8. The van der Waals surface area contributed by atoms with Gasteiger partial charge in [-0.2, -0.15) is 0 Å². The maximum atomic E-state index is 8.78. The van der Waals surface area contributed by atoms with Crippen LogP contribution in [0.1, 0.15) is 32.0 Å². The Kier molecular flexibility index (Phi) is 7.41. The van der Waals surface area contributed by atoms with E-state index in [1.807, 2.05) is 0 Å². The number of nitrogens with two attached hydrogens (primary N) is 1. The molecule has 0 aliphatic rings. The Hall–Kier alpha value is -0.560. The molecule has 1 heterocycles. The van der Waals surface area contributed by atoms with Crippen LogP contribution in [0, 0.1) is 0 Å². The first kappa shape index (κ1) is 14.4. The van der Waals surface area contributed by atoms with Crippen LogP contribution >= 0.6 is 11.6 Å². The number of rotatable bonds is 2. The molecule has 86 valence electrons. The van der Waals surface area contributed by atoms with Crippen molar-refractivity contribution in [3.63, 3.8) is 0 Å². The van der Waals surface area contributed by atoms with E-state index in [9.17, 15) is 0 Å². The van der Waals surface area contributed by atoms with Gasteiger partial charge in [0, 0.05) is 29.6 Å². The van der Waals surface area contributed by atoms with Crippen molar-refractivity contribution in [2.45, 2.75) is 26.2 Å². The summed E-state index contributed by atoms with van der Waals surface area (Å²) >= 11 is 3.27. The highest BCUT2D eigenvalue weighted by Gasteiger charge is 2.04. The molecule has 0 aliphatic carbocycles. The third-order valence-electron chi connectivity index (χ3n) is 1.69. The standard InChI is InChI=1S/C8H11ClN2.H3NO2S/c1-3-6(2)8-10-4-7(9)5-11-8;1-4(2)3/h4-6H,3H2,1-2H3;1H2,(H,2,3)/p-1. The molecular weight excluding hydrogens is 238 g/mol. The number of halogens is 1. The predicted octanol–water partition coefficient (Wildman–Crippen LogP) is 1.38. The van der Waals surface area contributed by atoms with Crippen LogP contribution in [-0.2, 0) is 11.3 Å². The Labute approximate surface area is 96.5 Å². The summed E-state index contributed by atoms with van der Waals surface area (Å²) in [5.74, 6) is 1.30. The third kappa shape index (κ3) is 7.38. The van der Waals surface area contributed by atoms with Gasteiger partial charge in [0.2, 0.25) is 0 Å². The van der Waals surface area contributed by atoms with E-state index >= 15 is 0 Å². The summed E-state index contributed by atoms with van der Waals surface area (Å²) in [6.45, 7) is 4.21. The van der Waals surface area contributed by atoms with E-state index in [4.69, 9.17) is 20.4 Å². The molecule has 0 saturated heterocycles. The van der Waals surface area contributed by atoms with Crippen molar-refractivity contribution in [1.82, 2.24) is 9.97 Å². The largest absolute Gasteiger partial charge is 0.760 e. The summed E-state index contributed by atoms with van der Waals surface area (Å²) in [5, 5.41) is 4.62. The minimum atomic E-state index is -2.36. The first-order valence-electron chi connectivity index (χ1n) is 4.28. The van der Waals surface area contributed by atoms with Crippen LogP contribution < -0.4 is 5.14 Å². The normalized spacial score (nSPS) is 13.7. The zero-order valence-corrected chi connectivity index (χ0v) is 10.1. The monoisotopic (exact) mass is 250 g/mol. The van der Waals surface area contributed by atoms with Gasteiger partial charge in [-0.25, -0.2) is 9.97 Å². The maximum absolute atomic E-state index is 8.78. The van der Waals surface area contributed by atoms with E-state index in [1.165, 1.54) is 0 Å². The van der Waals surface area contributed by atoms with Gasteiger partial charge >= 0.3 is 0 Å². The SMILES string of the molecule is CCC(C)c1ncc(Cl)cn1.NS(=O)[O-]. The van der Waals surface area contributed by atoms with Crippen LogP contribution in [0.2, 0.25) is 5.02 Å². The van der Waals surface area contributed by atoms with Crippen molar-refractivity contribution in [1.29, 1.82) is 0 Å². The molecule has 0 radical (unpaired) electrons. The first-order chi connectivity index (χ1) is 6.97. The topological polar surface area (TPSA) is 91.9 Å². The van der Waals surface area contributed by atoms with Crippen molar-refractivity contribution in [3.8, 4) is 0 Å². The van der Waals surface area contributed by atoms with E-state index in [-0.39, 0.29) is 0 Å². The van der Waals surface area contributed by atoms with Crippen molar-refractivity contribution in [3.05, 3.63) is 23.2 Å². The van der Waals surface area contributed by atoms with Gasteiger partial charge < -0.3 is 4.55 Å². The van der Waals surface area contributed by atoms with Gasteiger partial charge in [0.05, 0.1) is 5.02 Å². The number of hydrogen-bond donors (Lipinski definition) is 1. The lowest BCUT2D eigenvalue weighted by Gasteiger charge is -2.04. The molecule has 1 rings (SSSR count). The average molecular weight is 251 g/mol. The Morgan fingerprint density at radius 2 is 2.00 bits per heavy atom. The number of aromatic nitrogens is 2. The number of hydrogen-bond acceptors (Lipinski definition) is 4. The highest BCUT2D eigenvalue weighted by atomic mass is 35.5. The molecule has 2 N–H and O–H groups in total. The van der Waals surface area contributed by atoms with Gasteiger partial charge in [-0.05, 0) is 6.42 Å². The van der Waals surface area contributed by atoms with Crippen LogP contribution in [0.4, 0.5) is 0 Å². The van der Waals surface area contributed by atoms with Gasteiger partial charge in [0.15, 0.2) is 0 Å². The molecule has 0 amide bonds. The Bertz CT molecular complexity index is 303. The first-order valence-corrected chi connectivity index (χ1v) is 5.80. The highest BCUT2D eigenvalue weighted by Crippen LogP contribution is 2.14. The van der Waals surface area contributed by atoms with Gasteiger partial charge in [-0.1, -0.05) is 25.4 Å². The molecule has 5 nitrogen and oxygen atoms in total. The van der Waals surface area contributed by atoms with Crippen molar-refractivity contribution >= 4 is 22.9 Å². The molecule has 0 aliphatic heterocycles. The molecule has 1 aromatic heterocycles. The van der Waals surface area contributed by atoms with E-state index in [1.54, 1.807) is 12.4 Å². The molecule has 15 heavy (non-hydrogen) atoms. The molecule has 0 fully saturated rings. The van der Waals surface area contributed by atoms with Crippen molar-refractivity contribution < 1.29 is 8.76 Å². The van der Waals surface area contributed by atoms with Gasteiger partial charge in [0.25, 0.3) is 0 Å². The maximum Gasteiger partial charge on any atom is 0.131 e. The Morgan fingerprint density at radius 1 is 1.60 bits per heavy atom. The zero-order valence-electron chi connectivity index (χ0n) is 8.51. The molecule has 1 aromatic rings. The average Bonchev–Trinajstić information content (AvgIpc) is 2.17. The fourth-order valence-electron chi connectivity index (χ4n) is 0.759. The minimum absolute atomic E-state index is 0.423. The van der Waals surface area contributed by atoms with Crippen LogP contribution in [0.25, 0.3) is 0 Å². The second-order valence-electron chi connectivity index (χ2n) is 2.83. The third-order valence-corrected chi connectivity index (χ3v) is 1.89. The summed E-state index contributed by atoms with van der Waals surface area (Å²) in [5.41, 5.74) is 0. The fourth-order valence-corrected chi connectivity index (χ4v) is 0.857. The summed E-state index contributed by atoms with van der Waals surface area (Å²) < 4.78 is 17.6. The van der Waals surface area contributed by atoms with Crippen LogP contribution in [0.15, 0.2) is 12.4 Å². The molecule has 2 unspecified atom stereocenters. The van der Waals surface area contributed by atoms with Gasteiger partial charge in [-0.3, -0.25) is 9.35 Å². The van der Waals surface area contributed by atoms with E-state index in [2.05, 4.69) is 29.0 Å². The minimum Gasteiger partial charge on any atom is -0.760 e. The lowest BCUT2D eigenvalue weighted by molar-refractivity contribution is 0.539. The lowest BCUT2D eigenvalue weighted by atomic mass is 10.1. The van der Waals surface area contributed by atoms with Gasteiger partial charge in [-0.15, -0.1) is 0 Å². The van der Waals surface area contributed by atoms with Crippen molar-refractivity contribution in [2.75, 3.05) is 0 Å². The molecule has 0 saturated carbocycles. The van der Waals surface area contributed by atoms with Crippen LogP contribution in [0.3, 0.4) is 0 Å².